The minimum Gasteiger partial charge on any atom is -0.462 e. The van der Waals surface area contributed by atoms with Crippen molar-refractivity contribution in [3.8, 4) is 0 Å². The molecule has 13 heteroatoms. The maximum absolute atomic E-state index is 12.7. The molecule has 0 heterocycles. The topological polar surface area (TPSA) is 169 Å². The molecule has 5 atom stereocenters. The van der Waals surface area contributed by atoms with Crippen molar-refractivity contribution in [1.82, 2.24) is 0 Å². The number of phosphoric acid groups is 1. The van der Waals surface area contributed by atoms with Crippen molar-refractivity contribution in [2.45, 2.75) is 173 Å². The van der Waals surface area contributed by atoms with Gasteiger partial charge >= 0.3 is 19.8 Å². The number of allylic oxidation sites excluding steroid dienone is 8. The van der Waals surface area contributed by atoms with Gasteiger partial charge in [-0.1, -0.05) is 145 Å². The molecule has 59 heavy (non-hydrogen) atoms. The van der Waals surface area contributed by atoms with Crippen molar-refractivity contribution < 1.29 is 57.4 Å². The standard InChI is InChI=1S/C46H82NO11P/c1-6-8-10-11-12-13-14-15-16-17-18-19-20-25-29-35-46(52)58-42(40-57-59(53,54)56-38-37-47(3,4)5)39-55-45(51)36-30-34-44(50)43(49)33-28-24-22-21-23-27-32-41(48)31-26-9-7-2/h13-14,21-24,27-28,32-33,41-44,48-50H,6-12,15-20,25-26,29-31,34-40H2,1-5H3/p+1/b14-13-,23-21-,24-22+,32-27+,33-28+/t41-,42-,43-,44-/m1/s1. The Morgan fingerprint density at radius 2 is 1.17 bits per heavy atom. The summed E-state index contributed by atoms with van der Waals surface area (Å²) in [5.41, 5.74) is 0. The minimum atomic E-state index is -4.46. The van der Waals surface area contributed by atoms with Crippen LogP contribution in [0.1, 0.15) is 149 Å². The SMILES string of the molecule is CCCCCC/C=C\CCCCCCCCCC(=O)O[C@H](COC(=O)CCC[C@@H](O)[C@H](O)/C=C/C=C/C=C\C=C\[C@H](O)CCCCC)COP(=O)(O)OCC[N+](C)(C)C. The van der Waals surface area contributed by atoms with E-state index in [1.165, 1.54) is 51.0 Å². The summed E-state index contributed by atoms with van der Waals surface area (Å²) in [7, 11) is 1.28. The van der Waals surface area contributed by atoms with Crippen LogP contribution in [0.15, 0.2) is 60.8 Å². The quantitative estimate of drug-likeness (QED) is 0.0116. The third-order valence-electron chi connectivity index (χ3n) is 9.39. The lowest BCUT2D eigenvalue weighted by Gasteiger charge is -2.24. The molecular weight excluding hydrogens is 773 g/mol. The number of likely N-dealkylation sites (N-methyl/N-ethyl adjacent to an activating group) is 1. The van der Waals surface area contributed by atoms with Crippen molar-refractivity contribution in [3.63, 3.8) is 0 Å². The number of phosphoric ester groups is 1. The second kappa shape index (κ2) is 37.4. The zero-order chi connectivity index (χ0) is 44.0. The van der Waals surface area contributed by atoms with Gasteiger partial charge in [0.25, 0.3) is 0 Å². The molecule has 0 bridgehead atoms. The number of hydrogen-bond donors (Lipinski definition) is 4. The molecular formula is C46H83NO11P+. The monoisotopic (exact) mass is 857 g/mol. The third kappa shape index (κ3) is 39.5. The van der Waals surface area contributed by atoms with E-state index in [1.807, 2.05) is 21.1 Å². The van der Waals surface area contributed by atoms with Gasteiger partial charge in [0.15, 0.2) is 6.10 Å². The van der Waals surface area contributed by atoms with Gasteiger partial charge in [-0.15, -0.1) is 0 Å². The van der Waals surface area contributed by atoms with Crippen molar-refractivity contribution in [2.75, 3.05) is 47.5 Å². The highest BCUT2D eigenvalue weighted by Gasteiger charge is 2.27. The van der Waals surface area contributed by atoms with E-state index < -0.39 is 50.8 Å². The van der Waals surface area contributed by atoms with Crippen LogP contribution in [0.4, 0.5) is 0 Å². The molecule has 0 aromatic carbocycles. The van der Waals surface area contributed by atoms with Crippen LogP contribution in [0, 0.1) is 0 Å². The third-order valence-corrected chi connectivity index (χ3v) is 10.4. The number of carbonyl (C=O) groups is 2. The zero-order valence-electron chi connectivity index (χ0n) is 37.3. The van der Waals surface area contributed by atoms with Gasteiger partial charge in [-0.05, 0) is 51.4 Å². The van der Waals surface area contributed by atoms with E-state index in [4.69, 9.17) is 18.5 Å². The number of quaternary nitrogens is 1. The number of unbranched alkanes of at least 4 members (excludes halogenated alkanes) is 13. The molecule has 1 unspecified atom stereocenters. The van der Waals surface area contributed by atoms with E-state index in [9.17, 15) is 34.4 Å². The Morgan fingerprint density at radius 3 is 1.80 bits per heavy atom. The van der Waals surface area contributed by atoms with Crippen LogP contribution in [0.25, 0.3) is 0 Å². The average molecular weight is 857 g/mol. The lowest BCUT2D eigenvalue weighted by Crippen LogP contribution is -2.37. The Kier molecular flexibility index (Phi) is 35.8. The van der Waals surface area contributed by atoms with Crippen LogP contribution < -0.4 is 0 Å². The Bertz CT molecular complexity index is 1240. The molecule has 0 radical (unpaired) electrons. The number of ether oxygens (including phenoxy) is 2. The molecule has 0 saturated carbocycles. The number of carbonyl (C=O) groups excluding carboxylic acids is 2. The summed E-state index contributed by atoms with van der Waals surface area (Å²) in [6.07, 6.45) is 33.5. The van der Waals surface area contributed by atoms with Crippen LogP contribution >= 0.6 is 7.82 Å². The van der Waals surface area contributed by atoms with Gasteiger partial charge in [-0.25, -0.2) is 4.57 Å². The molecule has 12 nitrogen and oxygen atoms in total. The normalized spacial score (nSPS) is 15.7. The summed E-state index contributed by atoms with van der Waals surface area (Å²) in [5, 5.41) is 30.5. The van der Waals surface area contributed by atoms with E-state index in [0.717, 1.165) is 57.8 Å². The van der Waals surface area contributed by atoms with E-state index in [2.05, 4.69) is 26.0 Å². The molecule has 0 aliphatic carbocycles. The summed E-state index contributed by atoms with van der Waals surface area (Å²) in [5.74, 6) is -1.14. The Balaban J connectivity index is 4.69. The van der Waals surface area contributed by atoms with Crippen molar-refractivity contribution in [1.29, 1.82) is 0 Å². The number of aliphatic hydroxyl groups is 3. The fourth-order valence-corrected chi connectivity index (χ4v) is 6.43. The summed E-state index contributed by atoms with van der Waals surface area (Å²) >= 11 is 0. The maximum Gasteiger partial charge on any atom is 0.472 e. The van der Waals surface area contributed by atoms with Gasteiger partial charge in [0.05, 0.1) is 46.1 Å². The molecule has 0 aliphatic rings. The van der Waals surface area contributed by atoms with Crippen molar-refractivity contribution >= 4 is 19.8 Å². The second-order valence-corrected chi connectivity index (χ2v) is 17.7. The number of esters is 2. The Morgan fingerprint density at radius 1 is 0.627 bits per heavy atom. The molecule has 0 saturated heterocycles. The predicted octanol–water partition coefficient (Wildman–Crippen LogP) is 9.38. The molecule has 0 spiro atoms. The highest BCUT2D eigenvalue weighted by molar-refractivity contribution is 7.47. The van der Waals surface area contributed by atoms with Gasteiger partial charge in [0, 0.05) is 12.8 Å². The highest BCUT2D eigenvalue weighted by Crippen LogP contribution is 2.43. The van der Waals surface area contributed by atoms with Gasteiger partial charge < -0.3 is 34.2 Å². The highest BCUT2D eigenvalue weighted by atomic mass is 31.2. The van der Waals surface area contributed by atoms with E-state index >= 15 is 0 Å². The summed E-state index contributed by atoms with van der Waals surface area (Å²) < 4.78 is 34.0. The summed E-state index contributed by atoms with van der Waals surface area (Å²) in [4.78, 5) is 35.4. The van der Waals surface area contributed by atoms with Gasteiger partial charge in [0.1, 0.15) is 19.8 Å². The molecule has 0 rings (SSSR count). The smallest absolute Gasteiger partial charge is 0.462 e. The summed E-state index contributed by atoms with van der Waals surface area (Å²) in [6.45, 7) is 3.89. The second-order valence-electron chi connectivity index (χ2n) is 16.3. The molecule has 342 valence electrons. The van der Waals surface area contributed by atoms with Gasteiger partial charge in [0.2, 0.25) is 0 Å². The summed E-state index contributed by atoms with van der Waals surface area (Å²) in [6, 6.07) is 0. The molecule has 0 aromatic rings. The first-order valence-corrected chi connectivity index (χ1v) is 23.8. The maximum atomic E-state index is 12.7. The number of aliphatic hydroxyl groups excluding tert-OH is 3. The van der Waals surface area contributed by atoms with Crippen LogP contribution in [0.2, 0.25) is 0 Å². The minimum absolute atomic E-state index is 0.0268. The molecule has 4 N–H and O–H groups in total. The zero-order valence-corrected chi connectivity index (χ0v) is 38.2. The predicted molar refractivity (Wildman–Crippen MR) is 237 cm³/mol. The van der Waals surface area contributed by atoms with E-state index in [1.54, 1.807) is 42.5 Å². The Labute approximate surface area is 357 Å². The van der Waals surface area contributed by atoms with Gasteiger partial charge in [-0.3, -0.25) is 18.6 Å². The van der Waals surface area contributed by atoms with E-state index in [0.29, 0.717) is 17.4 Å². The van der Waals surface area contributed by atoms with Crippen molar-refractivity contribution in [3.05, 3.63) is 60.8 Å². The van der Waals surface area contributed by atoms with Crippen LogP contribution in [-0.4, -0.2) is 109 Å². The molecule has 0 fully saturated rings. The van der Waals surface area contributed by atoms with E-state index in [-0.39, 0.29) is 38.9 Å². The number of hydrogen-bond acceptors (Lipinski definition) is 10. The van der Waals surface area contributed by atoms with Crippen LogP contribution in [-0.2, 0) is 32.7 Å². The number of rotatable bonds is 39. The van der Waals surface area contributed by atoms with Crippen LogP contribution in [0.3, 0.4) is 0 Å². The molecule has 0 amide bonds. The first kappa shape index (κ1) is 56.6. The van der Waals surface area contributed by atoms with Gasteiger partial charge in [-0.2, -0.15) is 0 Å². The first-order chi connectivity index (χ1) is 28.2. The average Bonchev–Trinajstić information content (AvgIpc) is 3.17. The lowest BCUT2D eigenvalue weighted by atomic mass is 10.1. The van der Waals surface area contributed by atoms with Crippen LogP contribution in [0.5, 0.6) is 0 Å². The first-order valence-electron chi connectivity index (χ1n) is 22.3. The fourth-order valence-electron chi connectivity index (χ4n) is 5.69. The lowest BCUT2D eigenvalue weighted by molar-refractivity contribution is -0.870. The number of nitrogens with zero attached hydrogens (tertiary/aromatic N) is 1. The Hall–Kier alpha value is -2.41. The molecule has 0 aromatic heterocycles. The fraction of sp³-hybridized carbons (Fsp3) is 0.739. The van der Waals surface area contributed by atoms with Crippen molar-refractivity contribution in [2.24, 2.45) is 0 Å². The molecule has 0 aliphatic heterocycles. The largest absolute Gasteiger partial charge is 0.472 e.